The van der Waals surface area contributed by atoms with E-state index in [-0.39, 0.29) is 5.91 Å². The van der Waals surface area contributed by atoms with Gasteiger partial charge in [-0.25, -0.2) is 0 Å². The van der Waals surface area contributed by atoms with E-state index in [9.17, 15) is 4.79 Å². The first-order chi connectivity index (χ1) is 4.79. The smallest absolute Gasteiger partial charge is 0.221 e. The van der Waals surface area contributed by atoms with Crippen molar-refractivity contribution in [2.45, 2.75) is 6.92 Å². The summed E-state index contributed by atoms with van der Waals surface area (Å²) >= 11 is 0. The van der Waals surface area contributed by atoms with Gasteiger partial charge in [-0.1, -0.05) is 12.1 Å². The van der Waals surface area contributed by atoms with Crippen molar-refractivity contribution in [1.82, 2.24) is 0 Å². The maximum absolute atomic E-state index is 10.5. The van der Waals surface area contributed by atoms with Crippen LogP contribution in [-0.4, -0.2) is 5.91 Å². The summed E-state index contributed by atoms with van der Waals surface area (Å²) in [6, 6.07) is 9.95. The Morgan fingerprint density at radius 3 is 2.60 bits per heavy atom. The summed E-state index contributed by atoms with van der Waals surface area (Å²) in [6.45, 7) is 1.48. The molecule has 2 nitrogen and oxygen atoms in total. The summed E-state index contributed by atoms with van der Waals surface area (Å²) in [5.41, 5.74) is 0.811. The molecule has 0 bridgehead atoms. The van der Waals surface area contributed by atoms with Crippen LogP contribution in [0.5, 0.6) is 0 Å². The van der Waals surface area contributed by atoms with Crippen LogP contribution in [0.3, 0.4) is 0 Å². The van der Waals surface area contributed by atoms with Gasteiger partial charge in [0.25, 0.3) is 0 Å². The predicted octanol–water partition coefficient (Wildman–Crippen LogP) is 1.45. The van der Waals surface area contributed by atoms with Crippen molar-refractivity contribution in [2.75, 3.05) is 5.32 Å². The van der Waals surface area contributed by atoms with Gasteiger partial charge in [0, 0.05) is 12.6 Å². The molecule has 0 aliphatic heterocycles. The molecule has 1 amide bonds. The molecule has 2 heteroatoms. The molecule has 1 aromatic rings. The molecule has 0 atom stereocenters. The number of anilines is 1. The van der Waals surface area contributed by atoms with Crippen molar-refractivity contribution in [3.63, 3.8) is 0 Å². The summed E-state index contributed by atoms with van der Waals surface area (Å²) < 4.78 is 0. The number of amides is 1. The molecule has 0 fully saturated rings. The highest BCUT2D eigenvalue weighted by molar-refractivity contribution is 5.88. The molecule has 0 spiro atoms. The number of rotatable bonds is 1. The van der Waals surface area contributed by atoms with E-state index in [1.807, 2.05) is 0 Å². The van der Waals surface area contributed by atoms with E-state index in [4.69, 9.17) is 0 Å². The van der Waals surface area contributed by atoms with Crippen LogP contribution in [0.25, 0.3) is 0 Å². The Kier molecular flexibility index (Phi) is 2.05. The SMILES string of the molecule is CC(=O)Nc1cc[c]cc1. The first kappa shape index (κ1) is 6.81. The topological polar surface area (TPSA) is 29.1 Å². The number of hydrogen-bond donors (Lipinski definition) is 1. The second-order valence-electron chi connectivity index (χ2n) is 1.97. The van der Waals surface area contributed by atoms with Crippen LogP contribution in [0.15, 0.2) is 24.3 Å². The van der Waals surface area contributed by atoms with Crippen LogP contribution in [0.2, 0.25) is 0 Å². The maximum Gasteiger partial charge on any atom is 0.221 e. The quantitative estimate of drug-likeness (QED) is 0.618. The van der Waals surface area contributed by atoms with Crippen molar-refractivity contribution in [1.29, 1.82) is 0 Å². The number of hydrogen-bond acceptors (Lipinski definition) is 1. The third-order valence-corrected chi connectivity index (χ3v) is 1.04. The van der Waals surface area contributed by atoms with Gasteiger partial charge in [-0.2, -0.15) is 0 Å². The molecule has 0 saturated carbocycles. The van der Waals surface area contributed by atoms with Crippen LogP contribution < -0.4 is 5.32 Å². The molecular weight excluding hydrogens is 126 g/mol. The third-order valence-electron chi connectivity index (χ3n) is 1.04. The Balaban J connectivity index is 2.67. The van der Waals surface area contributed by atoms with E-state index in [0.29, 0.717) is 0 Å². The second kappa shape index (κ2) is 3.01. The fourth-order valence-corrected chi connectivity index (χ4v) is 0.673. The normalized spacial score (nSPS) is 8.90. The van der Waals surface area contributed by atoms with Crippen molar-refractivity contribution < 1.29 is 4.79 Å². The van der Waals surface area contributed by atoms with Gasteiger partial charge in [-0.15, -0.1) is 0 Å². The molecule has 1 aromatic carbocycles. The minimum Gasteiger partial charge on any atom is -0.326 e. The molecule has 0 unspecified atom stereocenters. The first-order valence-corrected chi connectivity index (χ1v) is 3.03. The number of benzene rings is 1. The third kappa shape index (κ3) is 1.90. The average molecular weight is 134 g/mol. The largest absolute Gasteiger partial charge is 0.326 e. The van der Waals surface area contributed by atoms with Gasteiger partial charge in [-0.3, -0.25) is 4.79 Å². The van der Waals surface area contributed by atoms with Crippen LogP contribution in [0.1, 0.15) is 6.92 Å². The number of nitrogens with one attached hydrogen (secondary N) is 1. The zero-order valence-corrected chi connectivity index (χ0v) is 5.72. The van der Waals surface area contributed by atoms with Crippen LogP contribution >= 0.6 is 0 Å². The van der Waals surface area contributed by atoms with Crippen molar-refractivity contribution in [2.24, 2.45) is 0 Å². The van der Waals surface area contributed by atoms with Gasteiger partial charge in [0.15, 0.2) is 0 Å². The van der Waals surface area contributed by atoms with Crippen molar-refractivity contribution in [3.8, 4) is 0 Å². The van der Waals surface area contributed by atoms with Crippen molar-refractivity contribution >= 4 is 11.6 Å². The minimum absolute atomic E-state index is 0.0498. The number of carbonyl (C=O) groups is 1. The summed E-state index contributed by atoms with van der Waals surface area (Å²) in [6.07, 6.45) is 0. The van der Waals surface area contributed by atoms with E-state index in [1.165, 1.54) is 6.92 Å². The Hall–Kier alpha value is -1.31. The molecule has 1 N–H and O–H groups in total. The zero-order valence-electron chi connectivity index (χ0n) is 5.72. The lowest BCUT2D eigenvalue weighted by Crippen LogP contribution is -2.04. The van der Waals surface area contributed by atoms with Crippen LogP contribution in [0, 0.1) is 6.07 Å². The fraction of sp³-hybridized carbons (Fsp3) is 0.125. The summed E-state index contributed by atoms with van der Waals surface area (Å²) in [4.78, 5) is 10.5. The average Bonchev–Trinajstić information content (AvgIpc) is 1.88. The molecule has 0 aliphatic carbocycles. The molecule has 0 aliphatic rings. The van der Waals surface area contributed by atoms with Gasteiger partial charge in [-0.05, 0) is 18.2 Å². The fourth-order valence-electron chi connectivity index (χ4n) is 0.673. The highest BCUT2D eigenvalue weighted by Crippen LogP contribution is 2.03. The monoisotopic (exact) mass is 134 g/mol. The predicted molar refractivity (Wildman–Crippen MR) is 39.6 cm³/mol. The Bertz CT molecular complexity index is 218. The highest BCUT2D eigenvalue weighted by Gasteiger charge is 1.90. The Labute approximate surface area is 59.9 Å². The molecular formula is C8H8NO. The molecule has 0 saturated heterocycles. The Morgan fingerprint density at radius 2 is 2.10 bits per heavy atom. The molecule has 51 valence electrons. The molecule has 10 heavy (non-hydrogen) atoms. The van der Waals surface area contributed by atoms with E-state index in [2.05, 4.69) is 11.4 Å². The summed E-state index contributed by atoms with van der Waals surface area (Å²) in [5, 5.41) is 2.65. The molecule has 1 radical (unpaired) electrons. The van der Waals surface area contributed by atoms with Gasteiger partial charge >= 0.3 is 0 Å². The standard InChI is InChI=1S/C8H8NO/c1-7(10)9-8-5-3-2-4-6-8/h3-6H,1H3,(H,9,10). The molecule has 0 heterocycles. The lowest BCUT2D eigenvalue weighted by Gasteiger charge is -1.98. The van der Waals surface area contributed by atoms with Gasteiger partial charge in [0.05, 0.1) is 0 Å². The minimum atomic E-state index is -0.0498. The highest BCUT2D eigenvalue weighted by atomic mass is 16.1. The summed E-state index contributed by atoms with van der Waals surface area (Å²) in [5.74, 6) is -0.0498. The van der Waals surface area contributed by atoms with E-state index < -0.39 is 0 Å². The van der Waals surface area contributed by atoms with E-state index in [0.717, 1.165) is 5.69 Å². The van der Waals surface area contributed by atoms with Gasteiger partial charge < -0.3 is 5.32 Å². The molecule has 0 aromatic heterocycles. The lowest BCUT2D eigenvalue weighted by atomic mass is 10.3. The van der Waals surface area contributed by atoms with Crippen molar-refractivity contribution in [3.05, 3.63) is 30.3 Å². The second-order valence-corrected chi connectivity index (χ2v) is 1.97. The Morgan fingerprint density at radius 1 is 1.50 bits per heavy atom. The first-order valence-electron chi connectivity index (χ1n) is 3.03. The summed E-state index contributed by atoms with van der Waals surface area (Å²) in [7, 11) is 0. The van der Waals surface area contributed by atoms with Gasteiger partial charge in [0.1, 0.15) is 0 Å². The van der Waals surface area contributed by atoms with E-state index in [1.54, 1.807) is 24.3 Å². The van der Waals surface area contributed by atoms with Gasteiger partial charge in [0.2, 0.25) is 5.91 Å². The van der Waals surface area contributed by atoms with Crippen LogP contribution in [-0.2, 0) is 4.79 Å². The van der Waals surface area contributed by atoms with E-state index >= 15 is 0 Å². The zero-order chi connectivity index (χ0) is 7.40. The number of carbonyl (C=O) groups excluding carboxylic acids is 1. The molecule has 1 rings (SSSR count). The maximum atomic E-state index is 10.5. The van der Waals surface area contributed by atoms with Crippen LogP contribution in [0.4, 0.5) is 5.69 Å². The lowest BCUT2D eigenvalue weighted by molar-refractivity contribution is -0.114.